The van der Waals surface area contributed by atoms with Gasteiger partial charge in [0.15, 0.2) is 4.80 Å². The molecular formula is C29H24N4O4S. The maximum atomic E-state index is 13.7. The fraction of sp³-hybridized carbons (Fsp3) is 0.138. The van der Waals surface area contributed by atoms with E-state index in [4.69, 9.17) is 4.74 Å². The number of fused-ring (bicyclic) bond motifs is 1. The van der Waals surface area contributed by atoms with Gasteiger partial charge in [-0.2, -0.15) is 10.2 Å². The summed E-state index contributed by atoms with van der Waals surface area (Å²) in [6, 6.07) is 22.8. The van der Waals surface area contributed by atoms with E-state index in [1.807, 2.05) is 67.6 Å². The van der Waals surface area contributed by atoms with Gasteiger partial charge in [0.1, 0.15) is 5.75 Å². The number of phenolic OH excluding ortho intramolecular Hbond substituents is 1. The minimum Gasteiger partial charge on any atom is -0.507 e. The van der Waals surface area contributed by atoms with Gasteiger partial charge in [0.2, 0.25) is 0 Å². The van der Waals surface area contributed by atoms with Crippen molar-refractivity contribution in [2.24, 2.45) is 15.2 Å². The molecule has 0 aliphatic carbocycles. The Balaban J connectivity index is 1.64. The van der Waals surface area contributed by atoms with Crippen molar-refractivity contribution in [1.29, 1.82) is 0 Å². The molecule has 4 aromatic rings. The molecular weight excluding hydrogens is 500 g/mol. The number of carbonyl (C=O) groups is 1. The van der Waals surface area contributed by atoms with Crippen LogP contribution in [0.3, 0.4) is 0 Å². The van der Waals surface area contributed by atoms with Crippen molar-refractivity contribution in [2.75, 3.05) is 7.11 Å². The first-order valence-corrected chi connectivity index (χ1v) is 12.8. The van der Waals surface area contributed by atoms with Crippen LogP contribution in [-0.4, -0.2) is 22.8 Å². The van der Waals surface area contributed by atoms with Crippen molar-refractivity contribution < 1.29 is 14.6 Å². The van der Waals surface area contributed by atoms with Gasteiger partial charge in [-0.15, -0.1) is 0 Å². The number of thiazole rings is 1. The highest BCUT2D eigenvalue weighted by molar-refractivity contribution is 7.07. The molecule has 2 heterocycles. The maximum Gasteiger partial charge on any atom is 0.338 e. The van der Waals surface area contributed by atoms with Gasteiger partial charge < -0.3 is 9.84 Å². The number of aromatic hydroxyl groups is 1. The van der Waals surface area contributed by atoms with Gasteiger partial charge in [-0.25, -0.2) is 9.79 Å². The van der Waals surface area contributed by atoms with Gasteiger partial charge in [-0.3, -0.25) is 9.36 Å². The van der Waals surface area contributed by atoms with E-state index in [0.717, 1.165) is 5.56 Å². The molecule has 8 nitrogen and oxygen atoms in total. The summed E-state index contributed by atoms with van der Waals surface area (Å²) in [5.74, 6) is -0.526. The molecule has 38 heavy (non-hydrogen) atoms. The Morgan fingerprint density at radius 1 is 1.05 bits per heavy atom. The van der Waals surface area contributed by atoms with Gasteiger partial charge in [-0.1, -0.05) is 66.8 Å². The van der Waals surface area contributed by atoms with E-state index in [9.17, 15) is 14.7 Å². The lowest BCUT2D eigenvalue weighted by Gasteiger charge is -2.25. The van der Waals surface area contributed by atoms with Gasteiger partial charge >= 0.3 is 5.97 Å². The summed E-state index contributed by atoms with van der Waals surface area (Å²) < 4.78 is 6.97. The number of rotatable bonds is 6. The van der Waals surface area contributed by atoms with Gasteiger partial charge in [0.25, 0.3) is 5.56 Å². The molecule has 1 aliphatic heterocycles. The average molecular weight is 525 g/mol. The van der Waals surface area contributed by atoms with Crippen LogP contribution in [0.1, 0.15) is 30.5 Å². The van der Waals surface area contributed by atoms with E-state index >= 15 is 0 Å². The minimum absolute atomic E-state index is 0.00129. The summed E-state index contributed by atoms with van der Waals surface area (Å²) in [6.07, 6.45) is 2.10. The van der Waals surface area contributed by atoms with Crippen LogP contribution in [-0.2, 0) is 9.53 Å². The summed E-state index contributed by atoms with van der Waals surface area (Å²) >= 11 is 1.20. The van der Waals surface area contributed by atoms with E-state index in [-0.39, 0.29) is 11.3 Å². The zero-order valence-electron chi connectivity index (χ0n) is 20.7. The Kier molecular flexibility index (Phi) is 7.10. The number of ether oxygens (including phenoxy) is 1. The summed E-state index contributed by atoms with van der Waals surface area (Å²) in [7, 11) is 1.32. The molecule has 1 N–H and O–H groups in total. The third kappa shape index (κ3) is 4.83. The van der Waals surface area contributed by atoms with Crippen LogP contribution >= 0.6 is 11.3 Å². The number of nitrogens with zero attached hydrogens (tertiary/aromatic N) is 4. The Bertz CT molecular complexity index is 1740. The lowest BCUT2D eigenvalue weighted by atomic mass is 9.95. The highest BCUT2D eigenvalue weighted by atomic mass is 32.1. The molecule has 0 radical (unpaired) electrons. The number of esters is 1. The predicted molar refractivity (Wildman–Crippen MR) is 146 cm³/mol. The first-order valence-electron chi connectivity index (χ1n) is 12.0. The third-order valence-corrected chi connectivity index (χ3v) is 7.08. The summed E-state index contributed by atoms with van der Waals surface area (Å²) in [6.45, 7) is 1.91. The topological polar surface area (TPSA) is 106 Å². The summed E-state index contributed by atoms with van der Waals surface area (Å²) in [5.41, 5.74) is 3.00. The first kappa shape index (κ1) is 25.0. The summed E-state index contributed by atoms with van der Waals surface area (Å²) in [5, 5.41) is 19.0. The average Bonchev–Trinajstić information content (AvgIpc) is 3.27. The molecule has 0 amide bonds. The number of benzene rings is 3. The Hall–Kier alpha value is -4.63. The van der Waals surface area contributed by atoms with Crippen molar-refractivity contribution in [1.82, 2.24) is 4.57 Å². The molecule has 5 rings (SSSR count). The first-order chi connectivity index (χ1) is 18.5. The Morgan fingerprint density at radius 2 is 1.74 bits per heavy atom. The molecule has 0 saturated heterocycles. The second-order valence-corrected chi connectivity index (χ2v) is 9.49. The second kappa shape index (κ2) is 10.8. The van der Waals surface area contributed by atoms with Gasteiger partial charge in [-0.05, 0) is 48.4 Å². The molecule has 0 unspecified atom stereocenters. The monoisotopic (exact) mass is 524 g/mol. The van der Waals surface area contributed by atoms with Crippen LogP contribution in [0.4, 0.5) is 11.4 Å². The van der Waals surface area contributed by atoms with E-state index in [1.54, 1.807) is 18.2 Å². The number of hydrogen-bond donors (Lipinski definition) is 1. The number of aromatic nitrogens is 1. The highest BCUT2D eigenvalue weighted by Crippen LogP contribution is 2.32. The third-order valence-electron chi connectivity index (χ3n) is 6.10. The lowest BCUT2D eigenvalue weighted by molar-refractivity contribution is -0.136. The van der Waals surface area contributed by atoms with Crippen molar-refractivity contribution in [2.45, 2.75) is 19.4 Å². The number of phenols is 1. The molecule has 3 aromatic carbocycles. The molecule has 1 aromatic heterocycles. The minimum atomic E-state index is -0.684. The van der Waals surface area contributed by atoms with Crippen LogP contribution in [0.15, 0.2) is 110 Å². The molecule has 190 valence electrons. The smallest absolute Gasteiger partial charge is 0.338 e. The number of hydrogen-bond acceptors (Lipinski definition) is 8. The van der Waals surface area contributed by atoms with Crippen molar-refractivity contribution in [3.8, 4) is 5.75 Å². The maximum absolute atomic E-state index is 13.7. The molecule has 9 heteroatoms. The van der Waals surface area contributed by atoms with E-state index in [1.165, 1.54) is 29.1 Å². The molecule has 0 saturated carbocycles. The number of methoxy groups -OCH3 is 1. The Morgan fingerprint density at radius 3 is 2.42 bits per heavy atom. The van der Waals surface area contributed by atoms with Gasteiger partial charge in [0.05, 0.1) is 40.3 Å². The molecule has 1 atom stereocenters. The number of carbonyl (C=O) groups excluding carboxylic acids is 1. The fourth-order valence-electron chi connectivity index (χ4n) is 4.29. The van der Waals surface area contributed by atoms with Crippen LogP contribution in [0, 0.1) is 0 Å². The standard InChI is InChI=1S/C29H24N4O4S/c1-3-22-25(28(36)37-2)26(18-10-6-4-7-11-18)33-27(35)24(38-29(33)30-22)17-19-16-21(14-15-23(19)34)32-31-20-12-8-5-9-13-20/h4-17,26,34H,3H2,1-2H3/b24-17-,32-31?/t26-/m0/s1. The predicted octanol–water partition coefficient (Wildman–Crippen LogP) is 4.92. The van der Waals surface area contributed by atoms with Crippen LogP contribution in [0.2, 0.25) is 0 Å². The van der Waals surface area contributed by atoms with Crippen molar-refractivity contribution in [3.05, 3.63) is 121 Å². The normalized spacial score (nSPS) is 15.4. The Labute approximate surface area is 222 Å². The van der Waals surface area contributed by atoms with Crippen LogP contribution in [0.5, 0.6) is 5.75 Å². The zero-order chi connectivity index (χ0) is 26.6. The van der Waals surface area contributed by atoms with Crippen LogP contribution in [0.25, 0.3) is 6.08 Å². The van der Waals surface area contributed by atoms with E-state index in [0.29, 0.717) is 44.0 Å². The van der Waals surface area contributed by atoms with Crippen LogP contribution < -0.4 is 14.9 Å². The number of azo groups is 1. The number of allylic oxidation sites excluding steroid dienone is 1. The zero-order valence-corrected chi connectivity index (χ0v) is 21.6. The van der Waals surface area contributed by atoms with Gasteiger partial charge in [0, 0.05) is 5.56 Å². The second-order valence-electron chi connectivity index (χ2n) is 8.48. The lowest BCUT2D eigenvalue weighted by Crippen LogP contribution is -2.40. The quantitative estimate of drug-likeness (QED) is 0.285. The van der Waals surface area contributed by atoms with E-state index < -0.39 is 12.0 Å². The highest BCUT2D eigenvalue weighted by Gasteiger charge is 2.33. The largest absolute Gasteiger partial charge is 0.507 e. The SMILES string of the molecule is CCC1=C(C(=O)OC)[C@H](c2ccccc2)n2c(s/c(=C\c3cc(N=Nc4ccccc4)ccc3O)c2=O)=N1. The summed E-state index contributed by atoms with van der Waals surface area (Å²) in [4.78, 5) is 31.7. The molecule has 0 fully saturated rings. The molecule has 0 bridgehead atoms. The molecule has 1 aliphatic rings. The molecule has 0 spiro atoms. The van der Waals surface area contributed by atoms with Crippen molar-refractivity contribution >= 4 is 34.8 Å². The van der Waals surface area contributed by atoms with E-state index in [2.05, 4.69) is 15.2 Å². The van der Waals surface area contributed by atoms with Crippen molar-refractivity contribution in [3.63, 3.8) is 0 Å². The fourth-order valence-corrected chi connectivity index (χ4v) is 5.30.